The van der Waals surface area contributed by atoms with E-state index in [1.165, 1.54) is 21.8 Å². The summed E-state index contributed by atoms with van der Waals surface area (Å²) in [5, 5.41) is 3.47. The first-order valence-electron chi connectivity index (χ1n) is 18.2. The Morgan fingerprint density at radius 2 is 1.04 bits per heavy atom. The Bertz CT molecular complexity index is 2990. The molecular formula is C49H31FN4. The number of halogens is 1. The molecule has 11 rings (SSSR count). The number of rotatable bonds is 4. The van der Waals surface area contributed by atoms with Crippen molar-refractivity contribution < 1.29 is 4.39 Å². The fraction of sp³-hybridized carbons (Fsp3) is 0. The summed E-state index contributed by atoms with van der Waals surface area (Å²) in [5.74, 6) is -0.258. The molecule has 0 atom stereocenters. The van der Waals surface area contributed by atoms with Crippen LogP contribution in [0.1, 0.15) is 0 Å². The molecule has 1 aliphatic heterocycles. The highest BCUT2D eigenvalue weighted by Crippen LogP contribution is 2.54. The first-order valence-corrected chi connectivity index (χ1v) is 18.2. The van der Waals surface area contributed by atoms with Gasteiger partial charge in [0.1, 0.15) is 5.82 Å². The van der Waals surface area contributed by atoms with E-state index in [9.17, 15) is 4.39 Å². The summed E-state index contributed by atoms with van der Waals surface area (Å²) in [4.78, 5) is 7.32. The average Bonchev–Trinajstić information content (AvgIpc) is 3.71. The molecule has 3 aromatic heterocycles. The van der Waals surface area contributed by atoms with E-state index in [4.69, 9.17) is 4.98 Å². The molecule has 7 aromatic carbocycles. The first-order chi connectivity index (χ1) is 26.7. The van der Waals surface area contributed by atoms with E-state index in [2.05, 4.69) is 160 Å². The van der Waals surface area contributed by atoms with Crippen molar-refractivity contribution in [2.24, 2.45) is 0 Å². The summed E-state index contributed by atoms with van der Waals surface area (Å²) in [6, 6.07) is 62.5. The minimum Gasteiger partial charge on any atom is -0.309 e. The van der Waals surface area contributed by atoms with Gasteiger partial charge in [0.05, 0.1) is 51.2 Å². The van der Waals surface area contributed by atoms with Crippen molar-refractivity contribution in [3.05, 3.63) is 194 Å². The monoisotopic (exact) mass is 694 g/mol. The van der Waals surface area contributed by atoms with Crippen LogP contribution in [0.3, 0.4) is 0 Å². The maximum absolute atomic E-state index is 15.0. The van der Waals surface area contributed by atoms with Gasteiger partial charge >= 0.3 is 0 Å². The number of benzene rings is 7. The highest BCUT2D eigenvalue weighted by molar-refractivity contribution is 6.13. The van der Waals surface area contributed by atoms with Crippen molar-refractivity contribution in [2.75, 3.05) is 4.90 Å². The van der Waals surface area contributed by atoms with E-state index in [0.717, 1.165) is 73.0 Å². The van der Waals surface area contributed by atoms with Crippen molar-refractivity contribution in [1.82, 2.24) is 14.1 Å². The lowest BCUT2D eigenvalue weighted by molar-refractivity contribution is 0.629. The van der Waals surface area contributed by atoms with Crippen molar-refractivity contribution in [2.45, 2.75) is 0 Å². The van der Waals surface area contributed by atoms with Crippen LogP contribution in [0.15, 0.2) is 188 Å². The summed E-state index contributed by atoms with van der Waals surface area (Å²) in [5.41, 5.74) is 14.5. The average molecular weight is 695 g/mol. The molecule has 0 N–H and O–H groups in total. The number of aromatic nitrogens is 3. The topological polar surface area (TPSA) is 26.0 Å². The van der Waals surface area contributed by atoms with Gasteiger partial charge in [-0.2, -0.15) is 0 Å². The van der Waals surface area contributed by atoms with Gasteiger partial charge in [-0.3, -0.25) is 4.98 Å². The highest BCUT2D eigenvalue weighted by Gasteiger charge is 2.31. The molecule has 0 spiro atoms. The lowest BCUT2D eigenvalue weighted by atomic mass is 9.98. The predicted molar refractivity (Wildman–Crippen MR) is 220 cm³/mol. The molecule has 4 heterocycles. The smallest absolute Gasteiger partial charge is 0.125 e. The van der Waals surface area contributed by atoms with Crippen molar-refractivity contribution in [1.29, 1.82) is 0 Å². The number of hydrogen-bond acceptors (Lipinski definition) is 2. The normalized spacial score (nSPS) is 12.1. The molecule has 5 heteroatoms. The van der Waals surface area contributed by atoms with Crippen LogP contribution < -0.4 is 4.90 Å². The van der Waals surface area contributed by atoms with E-state index in [0.29, 0.717) is 0 Å². The van der Waals surface area contributed by atoms with Gasteiger partial charge in [-0.25, -0.2) is 4.39 Å². The second kappa shape index (κ2) is 11.9. The van der Waals surface area contributed by atoms with Gasteiger partial charge in [0.25, 0.3) is 0 Å². The minimum absolute atomic E-state index is 0.258. The number of nitrogens with zero attached hydrogens (tertiary/aromatic N) is 4. The third-order valence-electron chi connectivity index (χ3n) is 10.8. The van der Waals surface area contributed by atoms with Crippen molar-refractivity contribution in [3.63, 3.8) is 0 Å². The Balaban J connectivity index is 1.04. The zero-order chi connectivity index (χ0) is 35.8. The summed E-state index contributed by atoms with van der Waals surface area (Å²) in [6.07, 6.45) is 1.97. The Kier molecular flexibility index (Phi) is 6.70. The number of para-hydroxylation sites is 5. The maximum Gasteiger partial charge on any atom is 0.125 e. The van der Waals surface area contributed by atoms with Gasteiger partial charge in [0.15, 0.2) is 0 Å². The predicted octanol–water partition coefficient (Wildman–Crippen LogP) is 13.0. The molecule has 4 nitrogen and oxygen atoms in total. The van der Waals surface area contributed by atoms with Crippen LogP contribution in [0.2, 0.25) is 0 Å². The Labute approximate surface area is 311 Å². The molecule has 0 saturated carbocycles. The molecule has 1 aliphatic rings. The van der Waals surface area contributed by atoms with Crippen LogP contribution in [-0.4, -0.2) is 14.1 Å². The molecular weight excluding hydrogens is 664 g/mol. The number of anilines is 3. The third-order valence-corrected chi connectivity index (χ3v) is 10.8. The highest BCUT2D eigenvalue weighted by atomic mass is 19.1. The van der Waals surface area contributed by atoms with Gasteiger partial charge in [-0.05, 0) is 78.9 Å². The van der Waals surface area contributed by atoms with Gasteiger partial charge in [-0.15, -0.1) is 0 Å². The summed E-state index contributed by atoms with van der Waals surface area (Å²) in [7, 11) is 0. The van der Waals surface area contributed by atoms with Gasteiger partial charge in [-0.1, -0.05) is 103 Å². The Hall–Kier alpha value is -7.24. The van der Waals surface area contributed by atoms with Gasteiger partial charge in [0, 0.05) is 49.8 Å². The molecule has 0 bridgehead atoms. The van der Waals surface area contributed by atoms with Crippen molar-refractivity contribution >= 4 is 49.8 Å². The Morgan fingerprint density at radius 3 is 1.74 bits per heavy atom. The number of hydrogen-bond donors (Lipinski definition) is 0. The van der Waals surface area contributed by atoms with Crippen LogP contribution in [0, 0.1) is 5.82 Å². The van der Waals surface area contributed by atoms with E-state index >= 15 is 0 Å². The summed E-state index contributed by atoms with van der Waals surface area (Å²) >= 11 is 0. The minimum atomic E-state index is -0.258. The number of pyridine rings is 1. The first kappa shape index (κ1) is 30.4. The second-order valence-corrected chi connectivity index (χ2v) is 13.7. The fourth-order valence-corrected chi connectivity index (χ4v) is 8.46. The molecule has 0 fully saturated rings. The van der Waals surface area contributed by atoms with E-state index in [1.807, 2.05) is 30.5 Å². The van der Waals surface area contributed by atoms with Crippen LogP contribution in [0.4, 0.5) is 21.5 Å². The van der Waals surface area contributed by atoms with Crippen LogP contribution in [0.25, 0.3) is 77.7 Å². The maximum atomic E-state index is 15.0. The molecule has 10 aromatic rings. The molecule has 54 heavy (non-hydrogen) atoms. The van der Waals surface area contributed by atoms with Crippen LogP contribution >= 0.6 is 0 Å². The molecule has 0 amide bonds. The fourth-order valence-electron chi connectivity index (χ4n) is 8.46. The van der Waals surface area contributed by atoms with E-state index in [-0.39, 0.29) is 5.82 Å². The zero-order valence-electron chi connectivity index (χ0n) is 29.1. The third kappa shape index (κ3) is 4.52. The molecule has 0 aliphatic carbocycles. The molecule has 0 saturated heterocycles. The van der Waals surface area contributed by atoms with Gasteiger partial charge < -0.3 is 14.0 Å². The van der Waals surface area contributed by atoms with Crippen molar-refractivity contribution in [3.8, 4) is 45.0 Å². The molecule has 0 radical (unpaired) electrons. The van der Waals surface area contributed by atoms with E-state index < -0.39 is 0 Å². The summed E-state index contributed by atoms with van der Waals surface area (Å²) in [6.45, 7) is 0. The molecule has 0 unspecified atom stereocenters. The SMILES string of the molecule is Fc1ccc2c3c(n(-c4ccccc4)c2c1)-c1ccccc1N(c1ccc(-c2ccc(-n4c5ccccc5c5ccccc54)cn2)cc1)c1ccccc1-3. The largest absolute Gasteiger partial charge is 0.309 e. The van der Waals surface area contributed by atoms with E-state index in [1.54, 1.807) is 12.1 Å². The standard InChI is InChI=1S/C49H31FN4/c50-33-24-28-40-47(30-33)54(34-12-2-1-3-13-34)49-41-17-7-11-21-46(41)52(45-20-10-6-16-39(45)48(40)49)35-25-22-32(23-26-35)42-29-27-36(31-51-42)53-43-18-8-4-14-37(43)38-15-5-9-19-44(38)53/h1-31H. The lowest BCUT2D eigenvalue weighted by Crippen LogP contribution is -2.11. The molecule has 254 valence electrons. The number of fused-ring (bicyclic) bond motifs is 10. The summed E-state index contributed by atoms with van der Waals surface area (Å²) < 4.78 is 19.5. The lowest BCUT2D eigenvalue weighted by Gasteiger charge is -2.27. The van der Waals surface area contributed by atoms with Gasteiger partial charge in [0.2, 0.25) is 0 Å². The van der Waals surface area contributed by atoms with Crippen LogP contribution in [-0.2, 0) is 0 Å². The zero-order valence-corrected chi connectivity index (χ0v) is 29.1. The Morgan fingerprint density at radius 1 is 0.426 bits per heavy atom. The van der Waals surface area contributed by atoms with Crippen LogP contribution in [0.5, 0.6) is 0 Å². The second-order valence-electron chi connectivity index (χ2n) is 13.7. The quantitative estimate of drug-likeness (QED) is 0.183.